The molecule has 0 aromatic heterocycles. The quantitative estimate of drug-likeness (QED) is 0.123. The van der Waals surface area contributed by atoms with Crippen LogP contribution in [-0.2, 0) is 33.8 Å². The van der Waals surface area contributed by atoms with Crippen molar-refractivity contribution in [3.63, 3.8) is 0 Å². The number of likely N-dealkylation sites (N-methyl/N-ethyl adjacent to an activating group) is 1. The SMILES string of the molecule is CC.CCCC.CCCc1cc(CC=O)cc(C)c1OC.CNC(COCc1ccccc1)C(=O)Nc1ccc(Oc2ccccc2)cc1. The fourth-order valence-corrected chi connectivity index (χ4v) is 4.51. The Morgan fingerprint density at radius 1 is 0.796 bits per heavy atom. The van der Waals surface area contributed by atoms with E-state index in [-0.39, 0.29) is 12.5 Å². The van der Waals surface area contributed by atoms with E-state index >= 15 is 0 Å². The normalized spacial score (nSPS) is 10.4. The Morgan fingerprint density at radius 2 is 1.39 bits per heavy atom. The smallest absolute Gasteiger partial charge is 0.243 e. The van der Waals surface area contributed by atoms with E-state index in [4.69, 9.17) is 14.2 Å². The van der Waals surface area contributed by atoms with Gasteiger partial charge in [0.05, 0.1) is 20.3 Å². The number of benzene rings is 4. The van der Waals surface area contributed by atoms with Crippen LogP contribution in [0.3, 0.4) is 0 Å². The molecule has 1 amide bonds. The largest absolute Gasteiger partial charge is 0.496 e. The maximum atomic E-state index is 12.5. The Kier molecular flexibility index (Phi) is 23.0. The van der Waals surface area contributed by atoms with Crippen LogP contribution in [0.1, 0.15) is 76.1 Å². The molecule has 4 rings (SSSR count). The molecule has 1 atom stereocenters. The van der Waals surface area contributed by atoms with Crippen LogP contribution in [0, 0.1) is 6.92 Å². The minimum atomic E-state index is -0.441. The van der Waals surface area contributed by atoms with E-state index < -0.39 is 6.04 Å². The minimum absolute atomic E-state index is 0.146. The standard InChI is InChI=1S/C23H24N2O3.C13H18O2.C4H10.C2H6/c1-24-22(17-27-16-18-8-4-2-5-9-18)23(26)25-19-12-14-21(15-13-19)28-20-10-6-3-7-11-20;1-4-5-12-9-11(6-7-14)8-10(2)13(12)15-3;1-3-4-2;1-2/h2-15,22,24H,16-17H2,1H3,(H,25,26);7-9H,4-6H2,1-3H3;3-4H2,1-2H3;1-2H3. The van der Waals surface area contributed by atoms with Crippen molar-refractivity contribution in [1.29, 1.82) is 0 Å². The summed E-state index contributed by atoms with van der Waals surface area (Å²) in [5.74, 6) is 2.30. The summed E-state index contributed by atoms with van der Waals surface area (Å²) in [4.78, 5) is 23.0. The molecule has 4 aromatic carbocycles. The number of aldehydes is 1. The average molecular weight is 671 g/mol. The summed E-state index contributed by atoms with van der Waals surface area (Å²) in [5, 5.41) is 5.89. The second-order valence-corrected chi connectivity index (χ2v) is 11.0. The summed E-state index contributed by atoms with van der Waals surface area (Å²) < 4.78 is 16.8. The van der Waals surface area contributed by atoms with Crippen molar-refractivity contribution >= 4 is 17.9 Å². The van der Waals surface area contributed by atoms with Crippen LogP contribution in [0.25, 0.3) is 0 Å². The van der Waals surface area contributed by atoms with Crippen LogP contribution >= 0.6 is 0 Å². The molecule has 1 unspecified atom stereocenters. The number of para-hydroxylation sites is 1. The molecule has 0 spiro atoms. The van der Waals surface area contributed by atoms with Crippen molar-refractivity contribution in [2.75, 3.05) is 26.1 Å². The number of carbonyl (C=O) groups is 2. The highest BCUT2D eigenvalue weighted by Crippen LogP contribution is 2.26. The Bertz CT molecular complexity index is 1430. The fourth-order valence-electron chi connectivity index (χ4n) is 4.51. The molecule has 7 nitrogen and oxygen atoms in total. The van der Waals surface area contributed by atoms with E-state index in [1.165, 1.54) is 18.4 Å². The Morgan fingerprint density at radius 3 is 1.92 bits per heavy atom. The zero-order chi connectivity index (χ0) is 36.3. The first-order valence-corrected chi connectivity index (χ1v) is 17.4. The van der Waals surface area contributed by atoms with Crippen molar-refractivity contribution in [1.82, 2.24) is 5.32 Å². The highest BCUT2D eigenvalue weighted by atomic mass is 16.5. The summed E-state index contributed by atoms with van der Waals surface area (Å²) >= 11 is 0. The van der Waals surface area contributed by atoms with Crippen LogP contribution in [0.15, 0.2) is 97.1 Å². The zero-order valence-electron chi connectivity index (χ0n) is 30.9. The summed E-state index contributed by atoms with van der Waals surface area (Å²) in [6, 6.07) is 30.4. The first kappa shape index (κ1) is 42.6. The maximum absolute atomic E-state index is 12.5. The predicted molar refractivity (Wildman–Crippen MR) is 204 cm³/mol. The third-order valence-electron chi connectivity index (χ3n) is 7.12. The highest BCUT2D eigenvalue weighted by molar-refractivity contribution is 5.95. The Hall–Kier alpha value is -4.46. The van der Waals surface area contributed by atoms with Gasteiger partial charge >= 0.3 is 0 Å². The van der Waals surface area contributed by atoms with E-state index in [1.807, 2.05) is 112 Å². The third kappa shape index (κ3) is 17.0. The van der Waals surface area contributed by atoms with E-state index in [0.29, 0.717) is 24.5 Å². The van der Waals surface area contributed by atoms with Crippen molar-refractivity contribution in [2.24, 2.45) is 0 Å². The number of carbonyl (C=O) groups excluding carboxylic acids is 2. The molecule has 0 aliphatic rings. The average Bonchev–Trinajstić information content (AvgIpc) is 3.13. The number of rotatable bonds is 15. The molecule has 7 heteroatoms. The van der Waals surface area contributed by atoms with Crippen molar-refractivity contribution in [3.05, 3.63) is 119 Å². The van der Waals surface area contributed by atoms with Crippen LogP contribution in [0.5, 0.6) is 17.2 Å². The number of hydrogen-bond acceptors (Lipinski definition) is 6. The number of amides is 1. The molecule has 0 saturated carbocycles. The van der Waals surface area contributed by atoms with Crippen LogP contribution in [0.4, 0.5) is 5.69 Å². The minimum Gasteiger partial charge on any atom is -0.496 e. The zero-order valence-corrected chi connectivity index (χ0v) is 30.9. The lowest BCUT2D eigenvalue weighted by atomic mass is 10.00. The summed E-state index contributed by atoms with van der Waals surface area (Å²) in [6.45, 7) is 13.3. The van der Waals surface area contributed by atoms with Gasteiger partial charge in [0.15, 0.2) is 0 Å². The summed E-state index contributed by atoms with van der Waals surface area (Å²) in [5.41, 5.74) is 5.17. The first-order valence-electron chi connectivity index (χ1n) is 17.4. The van der Waals surface area contributed by atoms with Gasteiger partial charge in [-0.2, -0.15) is 0 Å². The maximum Gasteiger partial charge on any atom is 0.243 e. The van der Waals surface area contributed by atoms with Crippen molar-refractivity contribution in [2.45, 2.75) is 86.3 Å². The molecule has 0 saturated heterocycles. The molecule has 49 heavy (non-hydrogen) atoms. The number of unbranched alkanes of at least 4 members (excludes halogenated alkanes) is 1. The lowest BCUT2D eigenvalue weighted by Gasteiger charge is -2.16. The van der Waals surface area contributed by atoms with Gasteiger partial charge in [-0.1, -0.05) is 115 Å². The van der Waals surface area contributed by atoms with Crippen molar-refractivity contribution in [3.8, 4) is 17.2 Å². The molecular formula is C42H58N2O5. The van der Waals surface area contributed by atoms with Crippen LogP contribution in [-0.4, -0.2) is 39.0 Å². The van der Waals surface area contributed by atoms with Gasteiger partial charge < -0.3 is 29.6 Å². The Balaban J connectivity index is 0.000000480. The number of methoxy groups -OCH3 is 1. The van der Waals surface area contributed by atoms with Crippen molar-refractivity contribution < 1.29 is 23.8 Å². The lowest BCUT2D eigenvalue weighted by Crippen LogP contribution is -2.42. The van der Waals surface area contributed by atoms with E-state index in [2.05, 4.69) is 37.5 Å². The predicted octanol–water partition coefficient (Wildman–Crippen LogP) is 9.75. The molecule has 0 bridgehead atoms. The number of ether oxygens (including phenoxy) is 3. The van der Waals surface area contributed by atoms with Gasteiger partial charge in [0.2, 0.25) is 5.91 Å². The number of aryl methyl sites for hydroxylation is 2. The molecule has 0 radical (unpaired) electrons. The van der Waals surface area contributed by atoms with Crippen LogP contribution < -0.4 is 20.1 Å². The molecular weight excluding hydrogens is 612 g/mol. The van der Waals surface area contributed by atoms with Gasteiger partial charge in [0.1, 0.15) is 29.6 Å². The van der Waals surface area contributed by atoms with Gasteiger partial charge in [-0.3, -0.25) is 4.79 Å². The van der Waals surface area contributed by atoms with Gasteiger partial charge in [-0.25, -0.2) is 0 Å². The number of anilines is 1. The molecule has 2 N–H and O–H groups in total. The lowest BCUT2D eigenvalue weighted by molar-refractivity contribution is -0.119. The summed E-state index contributed by atoms with van der Waals surface area (Å²) in [6.07, 6.45) is 6.15. The molecule has 0 heterocycles. The number of hydrogen-bond donors (Lipinski definition) is 2. The van der Waals surface area contributed by atoms with Crippen LogP contribution in [0.2, 0.25) is 0 Å². The molecule has 4 aromatic rings. The van der Waals surface area contributed by atoms with Gasteiger partial charge in [0, 0.05) is 12.1 Å². The summed E-state index contributed by atoms with van der Waals surface area (Å²) in [7, 11) is 3.44. The van der Waals surface area contributed by atoms with Gasteiger partial charge in [-0.15, -0.1) is 0 Å². The number of nitrogens with one attached hydrogen (secondary N) is 2. The first-order chi connectivity index (χ1) is 23.9. The van der Waals surface area contributed by atoms with Gasteiger partial charge in [0.25, 0.3) is 0 Å². The van der Waals surface area contributed by atoms with E-state index in [9.17, 15) is 9.59 Å². The monoisotopic (exact) mass is 670 g/mol. The second-order valence-electron chi connectivity index (χ2n) is 11.0. The molecule has 0 aliphatic heterocycles. The second kappa shape index (κ2) is 26.5. The molecule has 0 fully saturated rings. The molecule has 0 aliphatic carbocycles. The topological polar surface area (TPSA) is 85.9 Å². The molecule has 266 valence electrons. The Labute approximate surface area is 295 Å². The fraction of sp³-hybridized carbons (Fsp3) is 0.381. The van der Waals surface area contributed by atoms with E-state index in [1.54, 1.807) is 14.2 Å². The van der Waals surface area contributed by atoms with E-state index in [0.717, 1.165) is 47.3 Å². The third-order valence-corrected chi connectivity index (χ3v) is 7.12. The highest BCUT2D eigenvalue weighted by Gasteiger charge is 2.17. The van der Waals surface area contributed by atoms with Gasteiger partial charge in [-0.05, 0) is 79.0 Å².